The highest BCUT2D eigenvalue weighted by molar-refractivity contribution is 7.13. The van der Waals surface area contributed by atoms with Crippen molar-refractivity contribution in [1.29, 1.82) is 0 Å². The third-order valence-electron chi connectivity index (χ3n) is 3.30. The number of hydrazone groups is 1. The van der Waals surface area contributed by atoms with Gasteiger partial charge in [-0.25, -0.2) is 4.98 Å². The molecule has 0 saturated heterocycles. The molecule has 0 aliphatic rings. The topological polar surface area (TPSA) is 46.5 Å². The number of aromatic nitrogens is 1. The van der Waals surface area contributed by atoms with Crippen LogP contribution in [-0.4, -0.2) is 11.2 Å². The van der Waals surface area contributed by atoms with E-state index in [0.717, 1.165) is 22.0 Å². The van der Waals surface area contributed by atoms with Crippen LogP contribution in [0.2, 0.25) is 10.0 Å². The van der Waals surface area contributed by atoms with Gasteiger partial charge in [0.05, 0.1) is 11.9 Å². The van der Waals surface area contributed by atoms with E-state index in [1.165, 1.54) is 11.3 Å². The van der Waals surface area contributed by atoms with Gasteiger partial charge in [0.25, 0.3) is 0 Å². The van der Waals surface area contributed by atoms with E-state index in [0.29, 0.717) is 22.4 Å². The van der Waals surface area contributed by atoms with Crippen molar-refractivity contribution in [3.8, 4) is 5.75 Å². The lowest BCUT2D eigenvalue weighted by atomic mass is 10.2. The molecular formula is C18H15Cl2N3OS. The Morgan fingerprint density at radius 2 is 2.08 bits per heavy atom. The fraction of sp³-hybridized carbons (Fsp3) is 0.111. The first-order valence-corrected chi connectivity index (χ1v) is 9.12. The predicted octanol–water partition coefficient (Wildman–Crippen LogP) is 5.78. The molecule has 3 aromatic rings. The molecule has 1 N–H and O–H groups in total. The number of thiazole rings is 1. The summed E-state index contributed by atoms with van der Waals surface area (Å²) in [6.07, 6.45) is 1.66. The predicted molar refractivity (Wildman–Crippen MR) is 105 cm³/mol. The molecule has 0 unspecified atom stereocenters. The van der Waals surface area contributed by atoms with Gasteiger partial charge in [0.1, 0.15) is 12.4 Å². The van der Waals surface area contributed by atoms with Crippen LogP contribution < -0.4 is 10.2 Å². The Labute approximate surface area is 160 Å². The van der Waals surface area contributed by atoms with Crippen molar-refractivity contribution < 1.29 is 4.74 Å². The second-order valence-electron chi connectivity index (χ2n) is 5.23. The summed E-state index contributed by atoms with van der Waals surface area (Å²) in [7, 11) is 0. The maximum absolute atomic E-state index is 6.17. The summed E-state index contributed by atoms with van der Waals surface area (Å²) < 4.78 is 5.89. The number of anilines is 1. The van der Waals surface area contributed by atoms with E-state index in [1.54, 1.807) is 18.3 Å². The Morgan fingerprint density at radius 3 is 2.84 bits per heavy atom. The highest BCUT2D eigenvalue weighted by Gasteiger charge is 2.06. The van der Waals surface area contributed by atoms with Crippen molar-refractivity contribution >= 4 is 45.9 Å². The summed E-state index contributed by atoms with van der Waals surface area (Å²) in [6, 6.07) is 13.0. The van der Waals surface area contributed by atoms with Gasteiger partial charge in [-0.3, -0.25) is 5.43 Å². The molecule has 0 atom stereocenters. The zero-order chi connectivity index (χ0) is 17.6. The molecule has 0 aliphatic carbocycles. The molecule has 0 saturated carbocycles. The fourth-order valence-electron chi connectivity index (χ4n) is 2.08. The van der Waals surface area contributed by atoms with E-state index in [2.05, 4.69) is 15.5 Å². The number of halogens is 2. The number of nitrogens with one attached hydrogen (secondary N) is 1. The first-order valence-electron chi connectivity index (χ1n) is 7.49. The average molecular weight is 392 g/mol. The summed E-state index contributed by atoms with van der Waals surface area (Å²) in [4.78, 5) is 4.29. The van der Waals surface area contributed by atoms with Crippen molar-refractivity contribution in [3.05, 3.63) is 74.7 Å². The fourth-order valence-corrected chi connectivity index (χ4v) is 3.09. The van der Waals surface area contributed by atoms with Gasteiger partial charge >= 0.3 is 0 Å². The quantitative estimate of drug-likeness (QED) is 0.427. The van der Waals surface area contributed by atoms with Crippen LogP contribution in [0.1, 0.15) is 16.8 Å². The zero-order valence-corrected chi connectivity index (χ0v) is 15.7. The molecule has 0 fully saturated rings. The molecule has 0 amide bonds. The van der Waals surface area contributed by atoms with Gasteiger partial charge in [-0.1, -0.05) is 41.4 Å². The van der Waals surface area contributed by atoms with Crippen LogP contribution >= 0.6 is 34.5 Å². The van der Waals surface area contributed by atoms with E-state index in [1.807, 2.05) is 42.6 Å². The molecule has 0 aliphatic heterocycles. The monoisotopic (exact) mass is 391 g/mol. The van der Waals surface area contributed by atoms with Gasteiger partial charge in [0.2, 0.25) is 5.13 Å². The van der Waals surface area contributed by atoms with E-state index < -0.39 is 0 Å². The van der Waals surface area contributed by atoms with Crippen molar-refractivity contribution in [2.24, 2.45) is 5.10 Å². The third-order valence-corrected chi connectivity index (χ3v) is 4.76. The Morgan fingerprint density at radius 1 is 1.24 bits per heavy atom. The summed E-state index contributed by atoms with van der Waals surface area (Å²) in [5.41, 5.74) is 5.53. The third kappa shape index (κ3) is 4.95. The smallest absolute Gasteiger partial charge is 0.203 e. The van der Waals surface area contributed by atoms with Crippen molar-refractivity contribution in [3.63, 3.8) is 0 Å². The second-order valence-corrected chi connectivity index (χ2v) is 6.93. The van der Waals surface area contributed by atoms with E-state index in [9.17, 15) is 0 Å². The molecule has 7 heteroatoms. The van der Waals surface area contributed by atoms with Gasteiger partial charge in [-0.2, -0.15) is 5.10 Å². The molecular weight excluding hydrogens is 377 g/mol. The molecule has 25 heavy (non-hydrogen) atoms. The minimum Gasteiger partial charge on any atom is -0.488 e. The Bertz CT molecular complexity index is 896. The summed E-state index contributed by atoms with van der Waals surface area (Å²) in [5, 5.41) is 8.17. The molecule has 0 spiro atoms. The molecule has 3 rings (SSSR count). The number of rotatable bonds is 6. The highest BCUT2D eigenvalue weighted by Crippen LogP contribution is 2.24. The van der Waals surface area contributed by atoms with Gasteiger partial charge in [0.15, 0.2) is 0 Å². The normalized spacial score (nSPS) is 11.0. The minimum atomic E-state index is 0.362. The number of ether oxygens (including phenoxy) is 1. The number of hydrogen-bond donors (Lipinski definition) is 1. The largest absolute Gasteiger partial charge is 0.488 e. The van der Waals surface area contributed by atoms with Crippen molar-refractivity contribution in [2.45, 2.75) is 13.5 Å². The lowest BCUT2D eigenvalue weighted by molar-refractivity contribution is 0.306. The van der Waals surface area contributed by atoms with Crippen molar-refractivity contribution in [1.82, 2.24) is 4.98 Å². The Kier molecular flexibility index (Phi) is 5.91. The number of nitrogens with zero attached hydrogens (tertiary/aromatic N) is 2. The van der Waals surface area contributed by atoms with Gasteiger partial charge in [0, 0.05) is 26.6 Å². The maximum Gasteiger partial charge on any atom is 0.203 e. The number of hydrogen-bond acceptors (Lipinski definition) is 5. The summed E-state index contributed by atoms with van der Waals surface area (Å²) in [5.74, 6) is 0.671. The lowest BCUT2D eigenvalue weighted by Gasteiger charge is -2.10. The van der Waals surface area contributed by atoms with Crippen LogP contribution in [0.25, 0.3) is 0 Å². The molecule has 128 valence electrons. The zero-order valence-electron chi connectivity index (χ0n) is 13.4. The van der Waals surface area contributed by atoms with E-state index >= 15 is 0 Å². The standard InChI is InChI=1S/C18H15Cl2N3OS/c1-12-11-25-18(22-12)23-21-9-14-8-15(19)6-7-17(14)24-10-13-4-2-3-5-16(13)20/h2-9,11H,10H2,1H3,(H,22,23). The SMILES string of the molecule is Cc1csc(NN=Cc2cc(Cl)ccc2OCc2ccccc2Cl)n1. The molecule has 2 aromatic carbocycles. The van der Waals surface area contributed by atoms with Crippen molar-refractivity contribution in [2.75, 3.05) is 5.43 Å². The van der Waals surface area contributed by atoms with E-state index in [-0.39, 0.29) is 0 Å². The molecule has 1 heterocycles. The number of aryl methyl sites for hydroxylation is 1. The number of benzene rings is 2. The van der Waals surface area contributed by atoms with Crippen LogP contribution in [0.4, 0.5) is 5.13 Å². The summed E-state index contributed by atoms with van der Waals surface area (Å²) >= 11 is 13.7. The second kappa shape index (κ2) is 8.34. The van der Waals surface area contributed by atoms with Gasteiger partial charge in [-0.05, 0) is 31.2 Å². The van der Waals surface area contributed by atoms with Crippen LogP contribution in [-0.2, 0) is 6.61 Å². The van der Waals surface area contributed by atoms with E-state index in [4.69, 9.17) is 27.9 Å². The molecule has 0 radical (unpaired) electrons. The van der Waals surface area contributed by atoms with Crippen LogP contribution in [0, 0.1) is 6.92 Å². The molecule has 4 nitrogen and oxygen atoms in total. The Balaban J connectivity index is 1.72. The Hall–Kier alpha value is -2.08. The van der Waals surface area contributed by atoms with Crippen LogP contribution in [0.15, 0.2) is 52.9 Å². The van der Waals surface area contributed by atoms with Gasteiger partial charge in [-0.15, -0.1) is 11.3 Å². The lowest BCUT2D eigenvalue weighted by Crippen LogP contribution is -2.00. The first-order chi connectivity index (χ1) is 12.1. The maximum atomic E-state index is 6.17. The minimum absolute atomic E-state index is 0.362. The molecule has 0 bridgehead atoms. The van der Waals surface area contributed by atoms with Crippen LogP contribution in [0.5, 0.6) is 5.75 Å². The van der Waals surface area contributed by atoms with Crippen LogP contribution in [0.3, 0.4) is 0 Å². The van der Waals surface area contributed by atoms with Gasteiger partial charge < -0.3 is 4.74 Å². The average Bonchev–Trinajstić information content (AvgIpc) is 3.01. The first kappa shape index (κ1) is 17.7. The highest BCUT2D eigenvalue weighted by atomic mass is 35.5. The summed E-state index contributed by atoms with van der Waals surface area (Å²) in [6.45, 7) is 2.30. The molecule has 1 aromatic heterocycles.